The van der Waals surface area contributed by atoms with E-state index >= 15 is 0 Å². The molecule has 2 nitrogen and oxygen atoms in total. The summed E-state index contributed by atoms with van der Waals surface area (Å²) in [5.74, 6) is 0. The van der Waals surface area contributed by atoms with Crippen LogP contribution in [-0.4, -0.2) is 11.7 Å². The third-order valence-corrected chi connectivity index (χ3v) is 1.15. The predicted molar refractivity (Wildman–Crippen MR) is 16.1 cm³/mol. The third-order valence-electron chi connectivity index (χ3n) is 0.172. The number of rotatable bonds is 2. The molecule has 0 aromatic carbocycles. The third kappa shape index (κ3) is 4.65. The summed E-state index contributed by atoms with van der Waals surface area (Å²) in [7, 11) is 1.66. The zero-order chi connectivity index (χ0) is 4.12. The van der Waals surface area contributed by atoms with Crippen LogP contribution in [-0.2, 0) is 4.74 Å². The Labute approximate surface area is 42.3 Å². The van der Waals surface area contributed by atoms with Crippen molar-refractivity contribution < 1.29 is 26.2 Å². The fourth-order valence-corrected chi connectivity index (χ4v) is 0.423. The first-order chi connectivity index (χ1) is 2.41. The van der Waals surface area contributed by atoms with Crippen LogP contribution in [0.1, 0.15) is 0 Å². The van der Waals surface area contributed by atoms with E-state index in [-0.39, 0.29) is 21.5 Å². The maximum atomic E-state index is 5.12. The summed E-state index contributed by atoms with van der Waals surface area (Å²) in [6.45, 7) is 0. The summed E-state index contributed by atoms with van der Waals surface area (Å²) in [5.41, 5.74) is 0. The van der Waals surface area contributed by atoms with E-state index in [1.165, 1.54) is 0 Å². The molecular weight excluding hydrogens is 181 g/mol. The first kappa shape index (κ1) is 5.65. The molecule has 0 aliphatic heterocycles. The summed E-state index contributed by atoms with van der Waals surface area (Å²) in [5, 5.41) is 0. The van der Waals surface area contributed by atoms with Gasteiger partial charge in [-0.05, 0) is 0 Å². The Morgan fingerprint density at radius 2 is 2.60 bits per heavy atom. The molecule has 0 radical (unpaired) electrons. The Hall–Kier alpha value is 0.650. The SMILES string of the molecule is COC[I-]N. The van der Waals surface area contributed by atoms with Gasteiger partial charge in [0.2, 0.25) is 0 Å². The van der Waals surface area contributed by atoms with E-state index in [9.17, 15) is 0 Å². The second-order valence-electron chi connectivity index (χ2n) is 0.552. The molecule has 0 saturated carbocycles. The van der Waals surface area contributed by atoms with Crippen molar-refractivity contribution in [3.05, 3.63) is 0 Å². The van der Waals surface area contributed by atoms with Crippen LogP contribution < -0.4 is 25.4 Å². The Kier molecular flexibility index (Phi) is 5.25. The average molecular weight is 188 g/mol. The normalized spacial score (nSPS) is 9.20. The summed E-state index contributed by atoms with van der Waals surface area (Å²) >= 11 is -0.115. The number of hydrogen-bond acceptors (Lipinski definition) is 2. The Bertz CT molecular complexity index is 17.1. The van der Waals surface area contributed by atoms with Gasteiger partial charge in [0.25, 0.3) is 0 Å². The number of halogens is 1. The van der Waals surface area contributed by atoms with E-state index in [1.54, 1.807) is 7.11 Å². The van der Waals surface area contributed by atoms with Crippen molar-refractivity contribution in [1.82, 2.24) is 0 Å². The van der Waals surface area contributed by atoms with Crippen molar-refractivity contribution >= 4 is 0 Å². The molecule has 0 heterocycles. The first-order valence-electron chi connectivity index (χ1n) is 1.18. The van der Waals surface area contributed by atoms with Gasteiger partial charge in [0, 0.05) is 0 Å². The van der Waals surface area contributed by atoms with Crippen LogP contribution in [0, 0.1) is 0 Å². The van der Waals surface area contributed by atoms with Gasteiger partial charge in [-0.2, -0.15) is 0 Å². The Balaban J connectivity index is 2.19. The molecule has 34 valence electrons. The summed E-state index contributed by atoms with van der Waals surface area (Å²) < 4.78 is 10.5. The number of methoxy groups -OCH3 is 1. The van der Waals surface area contributed by atoms with E-state index < -0.39 is 0 Å². The fourth-order valence-electron chi connectivity index (χ4n) is 0.0630. The molecule has 0 atom stereocenters. The molecule has 0 bridgehead atoms. The van der Waals surface area contributed by atoms with Crippen molar-refractivity contribution in [2.24, 2.45) is 3.95 Å². The molecule has 0 unspecified atom stereocenters. The number of ether oxygens (including phenoxy) is 1. The molecular formula is C2H7INO-. The van der Waals surface area contributed by atoms with Crippen LogP contribution in [0.5, 0.6) is 0 Å². The second-order valence-corrected chi connectivity index (χ2v) is 2.06. The Morgan fingerprint density at radius 1 is 2.00 bits per heavy atom. The van der Waals surface area contributed by atoms with Crippen molar-refractivity contribution in [2.75, 3.05) is 11.7 Å². The van der Waals surface area contributed by atoms with Crippen LogP contribution >= 0.6 is 0 Å². The zero-order valence-corrected chi connectivity index (χ0v) is 5.23. The Morgan fingerprint density at radius 3 is 2.60 bits per heavy atom. The molecule has 5 heavy (non-hydrogen) atoms. The standard InChI is InChI=1S/C2H7INO/c1-5-2-3-4/h2,4H2,1H3/q-1. The predicted octanol–water partition coefficient (Wildman–Crippen LogP) is -3.45. The monoisotopic (exact) mass is 188 g/mol. The molecule has 0 spiro atoms. The van der Waals surface area contributed by atoms with Gasteiger partial charge in [0.1, 0.15) is 0 Å². The van der Waals surface area contributed by atoms with E-state index in [2.05, 4.69) is 4.74 Å². The van der Waals surface area contributed by atoms with Crippen LogP contribution in [0.2, 0.25) is 0 Å². The van der Waals surface area contributed by atoms with E-state index in [0.717, 1.165) is 4.61 Å². The van der Waals surface area contributed by atoms with E-state index in [4.69, 9.17) is 3.95 Å². The molecule has 0 amide bonds. The molecule has 0 aliphatic rings. The van der Waals surface area contributed by atoms with Crippen LogP contribution in [0.25, 0.3) is 0 Å². The zero-order valence-electron chi connectivity index (χ0n) is 3.07. The quantitative estimate of drug-likeness (QED) is 0.278. The molecule has 2 N–H and O–H groups in total. The average Bonchev–Trinajstić information content (AvgIpc) is 1.41. The van der Waals surface area contributed by atoms with Gasteiger partial charge in [0.05, 0.1) is 0 Å². The molecule has 0 aromatic rings. The molecule has 0 rings (SSSR count). The van der Waals surface area contributed by atoms with Gasteiger partial charge in [-0.15, -0.1) is 0 Å². The van der Waals surface area contributed by atoms with Crippen molar-refractivity contribution in [2.45, 2.75) is 0 Å². The number of alkyl halides is 1. The summed E-state index contributed by atoms with van der Waals surface area (Å²) in [4.78, 5) is 0. The molecule has 3 heteroatoms. The van der Waals surface area contributed by atoms with Gasteiger partial charge in [-0.1, -0.05) is 0 Å². The molecule has 0 aromatic heterocycles. The van der Waals surface area contributed by atoms with Crippen molar-refractivity contribution in [3.8, 4) is 0 Å². The van der Waals surface area contributed by atoms with Crippen LogP contribution in [0.15, 0.2) is 0 Å². The number of nitrogens with two attached hydrogens (primary N) is 1. The van der Waals surface area contributed by atoms with Gasteiger partial charge < -0.3 is 0 Å². The topological polar surface area (TPSA) is 35.2 Å². The van der Waals surface area contributed by atoms with Gasteiger partial charge in [0.15, 0.2) is 0 Å². The maximum absolute atomic E-state index is 5.12. The van der Waals surface area contributed by atoms with Gasteiger partial charge in [-0.25, -0.2) is 0 Å². The fraction of sp³-hybridized carbons (Fsp3) is 1.00. The molecule has 0 fully saturated rings. The van der Waals surface area contributed by atoms with E-state index in [1.807, 2.05) is 0 Å². The van der Waals surface area contributed by atoms with Crippen LogP contribution in [0.4, 0.5) is 0 Å². The van der Waals surface area contributed by atoms with E-state index in [0.29, 0.717) is 0 Å². The minimum atomic E-state index is -0.115. The van der Waals surface area contributed by atoms with Crippen LogP contribution in [0.3, 0.4) is 0 Å². The molecule has 0 saturated heterocycles. The first-order valence-corrected chi connectivity index (χ1v) is 3.95. The number of hydrogen-bond donors (Lipinski definition) is 1. The van der Waals surface area contributed by atoms with Gasteiger partial charge >= 0.3 is 41.9 Å². The summed E-state index contributed by atoms with van der Waals surface area (Å²) in [6.07, 6.45) is 0. The minimum absolute atomic E-state index is 0.115. The van der Waals surface area contributed by atoms with Crippen molar-refractivity contribution in [3.63, 3.8) is 0 Å². The summed E-state index contributed by atoms with van der Waals surface area (Å²) in [6, 6.07) is 0. The molecule has 0 aliphatic carbocycles. The second kappa shape index (κ2) is 4.65. The van der Waals surface area contributed by atoms with Crippen molar-refractivity contribution in [1.29, 1.82) is 0 Å². The van der Waals surface area contributed by atoms with Gasteiger partial charge in [-0.3, -0.25) is 0 Å².